The van der Waals surface area contributed by atoms with Gasteiger partial charge in [-0.1, -0.05) is 12.1 Å². The molecule has 1 unspecified atom stereocenters. The molecule has 0 fully saturated rings. The van der Waals surface area contributed by atoms with Crippen LogP contribution in [0.3, 0.4) is 0 Å². The van der Waals surface area contributed by atoms with Crippen molar-refractivity contribution in [1.82, 2.24) is 5.32 Å². The Morgan fingerprint density at radius 3 is 2.68 bits per heavy atom. The van der Waals surface area contributed by atoms with Crippen LogP contribution in [0.25, 0.3) is 0 Å². The van der Waals surface area contributed by atoms with Crippen LogP contribution in [0.4, 0.5) is 4.39 Å². The van der Waals surface area contributed by atoms with E-state index < -0.39 is 0 Å². The first kappa shape index (κ1) is 16.5. The maximum Gasteiger partial charge on any atom is 0.123 e. The summed E-state index contributed by atoms with van der Waals surface area (Å²) in [5, 5.41) is 3.40. The highest BCUT2D eigenvalue weighted by Gasteiger charge is 2.11. The first-order valence-corrected chi connectivity index (χ1v) is 8.11. The van der Waals surface area contributed by atoms with Crippen molar-refractivity contribution in [2.45, 2.75) is 18.8 Å². The van der Waals surface area contributed by atoms with Gasteiger partial charge in [-0.25, -0.2) is 4.39 Å². The van der Waals surface area contributed by atoms with Crippen LogP contribution in [0.1, 0.15) is 24.3 Å². The average molecular weight is 285 g/mol. The summed E-state index contributed by atoms with van der Waals surface area (Å²) in [5.41, 5.74) is 1.22. The van der Waals surface area contributed by atoms with Gasteiger partial charge in [-0.05, 0) is 48.5 Å². The molecule has 0 radical (unpaired) electrons. The summed E-state index contributed by atoms with van der Waals surface area (Å²) in [6.07, 6.45) is 4.45. The van der Waals surface area contributed by atoms with E-state index >= 15 is 0 Å². The standard InChI is InChI=1S/C15H24FNOS/c1-18-10-9-17-12-14(4-3-11-19-2)13-5-7-15(16)8-6-13/h5-8,14,17H,3-4,9-12H2,1-2H3. The third-order valence-electron chi connectivity index (χ3n) is 3.12. The van der Waals surface area contributed by atoms with Crippen molar-refractivity contribution in [2.24, 2.45) is 0 Å². The molecular formula is C15H24FNOS. The number of nitrogens with one attached hydrogen (secondary N) is 1. The fourth-order valence-electron chi connectivity index (χ4n) is 2.05. The first-order chi connectivity index (χ1) is 9.27. The molecule has 0 bridgehead atoms. The van der Waals surface area contributed by atoms with Crippen molar-refractivity contribution in [3.8, 4) is 0 Å². The smallest absolute Gasteiger partial charge is 0.123 e. The minimum Gasteiger partial charge on any atom is -0.383 e. The molecule has 1 aromatic carbocycles. The maximum absolute atomic E-state index is 13.0. The molecule has 1 rings (SSSR count). The Labute approximate surface area is 120 Å². The van der Waals surface area contributed by atoms with Crippen molar-refractivity contribution in [3.63, 3.8) is 0 Å². The summed E-state index contributed by atoms with van der Waals surface area (Å²) in [6.45, 7) is 2.50. The Hall–Kier alpha value is -0.580. The van der Waals surface area contributed by atoms with Gasteiger partial charge in [0.25, 0.3) is 0 Å². The van der Waals surface area contributed by atoms with Crippen LogP contribution in [0, 0.1) is 5.82 Å². The van der Waals surface area contributed by atoms with E-state index in [9.17, 15) is 4.39 Å². The summed E-state index contributed by atoms with van der Waals surface area (Å²) in [7, 11) is 1.71. The van der Waals surface area contributed by atoms with Gasteiger partial charge in [0.2, 0.25) is 0 Å². The second kappa shape index (κ2) is 10.2. The van der Waals surface area contributed by atoms with E-state index in [4.69, 9.17) is 4.74 Å². The number of hydrogen-bond donors (Lipinski definition) is 1. The topological polar surface area (TPSA) is 21.3 Å². The molecule has 108 valence electrons. The van der Waals surface area contributed by atoms with E-state index in [1.54, 1.807) is 19.2 Å². The lowest BCUT2D eigenvalue weighted by Gasteiger charge is -2.18. The van der Waals surface area contributed by atoms with E-state index in [0.29, 0.717) is 5.92 Å². The summed E-state index contributed by atoms with van der Waals surface area (Å²) in [6, 6.07) is 6.90. The van der Waals surface area contributed by atoms with Crippen LogP contribution in [-0.2, 0) is 4.74 Å². The molecule has 19 heavy (non-hydrogen) atoms. The lowest BCUT2D eigenvalue weighted by molar-refractivity contribution is 0.198. The summed E-state index contributed by atoms with van der Waals surface area (Å²) in [5.74, 6) is 1.46. The third kappa shape index (κ3) is 6.95. The monoisotopic (exact) mass is 285 g/mol. The molecule has 2 nitrogen and oxygen atoms in total. The quantitative estimate of drug-likeness (QED) is 0.667. The highest BCUT2D eigenvalue weighted by Crippen LogP contribution is 2.21. The number of thioether (sulfide) groups is 1. The molecular weight excluding hydrogens is 261 g/mol. The van der Waals surface area contributed by atoms with Crippen molar-refractivity contribution in [3.05, 3.63) is 35.6 Å². The van der Waals surface area contributed by atoms with E-state index in [0.717, 1.165) is 26.1 Å². The highest BCUT2D eigenvalue weighted by molar-refractivity contribution is 7.98. The molecule has 0 saturated heterocycles. The number of ether oxygens (including phenoxy) is 1. The number of hydrogen-bond acceptors (Lipinski definition) is 3. The van der Waals surface area contributed by atoms with Crippen LogP contribution in [0.15, 0.2) is 24.3 Å². The van der Waals surface area contributed by atoms with Crippen LogP contribution < -0.4 is 5.32 Å². The number of rotatable bonds is 10. The van der Waals surface area contributed by atoms with Crippen molar-refractivity contribution < 1.29 is 9.13 Å². The Morgan fingerprint density at radius 2 is 2.05 bits per heavy atom. The molecule has 0 spiro atoms. The number of benzene rings is 1. The zero-order valence-electron chi connectivity index (χ0n) is 11.8. The van der Waals surface area contributed by atoms with Crippen molar-refractivity contribution in [2.75, 3.05) is 38.8 Å². The maximum atomic E-state index is 13.0. The zero-order valence-corrected chi connectivity index (χ0v) is 12.6. The molecule has 1 atom stereocenters. The SMILES string of the molecule is COCCNCC(CCCSC)c1ccc(F)cc1. The molecule has 1 N–H and O–H groups in total. The van der Waals surface area contributed by atoms with Gasteiger partial charge in [-0.2, -0.15) is 11.8 Å². The van der Waals surface area contributed by atoms with Crippen molar-refractivity contribution >= 4 is 11.8 Å². The van der Waals surface area contributed by atoms with Crippen LogP contribution in [-0.4, -0.2) is 38.8 Å². The summed E-state index contributed by atoms with van der Waals surface area (Å²) in [4.78, 5) is 0. The Morgan fingerprint density at radius 1 is 1.32 bits per heavy atom. The Balaban J connectivity index is 2.49. The molecule has 0 aliphatic rings. The highest BCUT2D eigenvalue weighted by atomic mass is 32.2. The fraction of sp³-hybridized carbons (Fsp3) is 0.600. The molecule has 1 aromatic rings. The molecule has 4 heteroatoms. The van der Waals surface area contributed by atoms with E-state index in [1.165, 1.54) is 17.7 Å². The first-order valence-electron chi connectivity index (χ1n) is 6.72. The minimum atomic E-state index is -0.168. The lowest BCUT2D eigenvalue weighted by atomic mass is 9.94. The average Bonchev–Trinajstić information content (AvgIpc) is 2.43. The van der Waals surface area contributed by atoms with Gasteiger partial charge < -0.3 is 10.1 Å². The molecule has 0 heterocycles. The molecule has 0 aromatic heterocycles. The Bertz CT molecular complexity index is 331. The Kier molecular flexibility index (Phi) is 8.88. The van der Waals surface area contributed by atoms with Gasteiger partial charge in [0.15, 0.2) is 0 Å². The van der Waals surface area contributed by atoms with Gasteiger partial charge >= 0.3 is 0 Å². The largest absolute Gasteiger partial charge is 0.383 e. The molecule has 0 aliphatic carbocycles. The second-order valence-corrected chi connectivity index (χ2v) is 5.57. The minimum absolute atomic E-state index is 0.168. The molecule has 0 amide bonds. The fourth-order valence-corrected chi connectivity index (χ4v) is 2.50. The van der Waals surface area contributed by atoms with Crippen LogP contribution in [0.5, 0.6) is 0 Å². The van der Waals surface area contributed by atoms with Gasteiger partial charge in [-0.15, -0.1) is 0 Å². The van der Waals surface area contributed by atoms with Crippen molar-refractivity contribution in [1.29, 1.82) is 0 Å². The van der Waals surface area contributed by atoms with Gasteiger partial charge in [0.05, 0.1) is 6.61 Å². The van der Waals surface area contributed by atoms with E-state index in [-0.39, 0.29) is 5.82 Å². The van der Waals surface area contributed by atoms with Crippen LogP contribution in [0.2, 0.25) is 0 Å². The van der Waals surface area contributed by atoms with Gasteiger partial charge in [0.1, 0.15) is 5.82 Å². The summed E-state index contributed by atoms with van der Waals surface area (Å²) < 4.78 is 18.0. The summed E-state index contributed by atoms with van der Waals surface area (Å²) >= 11 is 1.87. The predicted molar refractivity (Wildman–Crippen MR) is 81.5 cm³/mol. The molecule has 0 saturated carbocycles. The van der Waals surface area contributed by atoms with Crippen LogP contribution >= 0.6 is 11.8 Å². The van der Waals surface area contributed by atoms with Gasteiger partial charge in [0, 0.05) is 20.2 Å². The second-order valence-electron chi connectivity index (χ2n) is 4.58. The van der Waals surface area contributed by atoms with E-state index in [2.05, 4.69) is 11.6 Å². The van der Waals surface area contributed by atoms with Gasteiger partial charge in [-0.3, -0.25) is 0 Å². The lowest BCUT2D eigenvalue weighted by Crippen LogP contribution is -2.25. The zero-order chi connectivity index (χ0) is 13.9. The third-order valence-corrected chi connectivity index (χ3v) is 3.81. The number of halogens is 1. The van der Waals surface area contributed by atoms with E-state index in [1.807, 2.05) is 23.9 Å². The predicted octanol–water partition coefficient (Wildman–Crippen LogP) is 3.29. The normalized spacial score (nSPS) is 12.6. The molecule has 0 aliphatic heterocycles. The number of methoxy groups -OCH3 is 1.